The van der Waals surface area contributed by atoms with Crippen LogP contribution in [0.5, 0.6) is 5.75 Å². The standard InChI is InChI=1S/C23H30F3NO3/c1-3-4-19-13-20(23(24,25)26)9-10-21(19)30-22(16(2)29)14-27-12-11-17-5-7-18(15-28)8-6-17/h9-10,13-15,17-18,27H,3-8,11-12H2,1-2H3/b22-14+. The first-order valence-corrected chi connectivity index (χ1v) is 10.5. The number of hydrogen-bond acceptors (Lipinski definition) is 4. The molecule has 1 aromatic rings. The number of allylic oxidation sites excluding steroid dienone is 1. The second-order valence-corrected chi connectivity index (χ2v) is 7.90. The van der Waals surface area contributed by atoms with E-state index >= 15 is 0 Å². The van der Waals surface area contributed by atoms with E-state index in [-0.39, 0.29) is 23.2 Å². The molecule has 166 valence electrons. The number of benzene rings is 1. The predicted octanol–water partition coefficient (Wildman–Crippen LogP) is 5.45. The van der Waals surface area contributed by atoms with E-state index < -0.39 is 11.7 Å². The summed E-state index contributed by atoms with van der Waals surface area (Å²) in [5, 5.41) is 3.09. The fourth-order valence-corrected chi connectivity index (χ4v) is 3.71. The molecular weight excluding hydrogens is 395 g/mol. The molecule has 0 aliphatic heterocycles. The number of ether oxygens (including phenoxy) is 1. The first kappa shape index (κ1) is 24.0. The van der Waals surface area contributed by atoms with Crippen LogP contribution in [0.15, 0.2) is 30.2 Å². The van der Waals surface area contributed by atoms with Crippen molar-refractivity contribution >= 4 is 12.1 Å². The number of hydrogen-bond donors (Lipinski definition) is 1. The maximum atomic E-state index is 13.0. The number of alkyl halides is 3. The zero-order valence-electron chi connectivity index (χ0n) is 17.6. The Hall–Kier alpha value is -2.31. The van der Waals surface area contributed by atoms with Crippen LogP contribution in [0, 0.1) is 11.8 Å². The van der Waals surface area contributed by atoms with Crippen LogP contribution >= 0.6 is 0 Å². The quantitative estimate of drug-likeness (QED) is 0.234. The molecule has 0 radical (unpaired) electrons. The highest BCUT2D eigenvalue weighted by atomic mass is 19.4. The van der Waals surface area contributed by atoms with Gasteiger partial charge in [0.1, 0.15) is 12.0 Å². The maximum absolute atomic E-state index is 13.0. The molecule has 2 rings (SSSR count). The predicted molar refractivity (Wildman–Crippen MR) is 109 cm³/mol. The number of aryl methyl sites for hydroxylation is 1. The Labute approximate surface area is 175 Å². The summed E-state index contributed by atoms with van der Waals surface area (Å²) in [7, 11) is 0. The summed E-state index contributed by atoms with van der Waals surface area (Å²) in [4.78, 5) is 22.8. The lowest BCUT2D eigenvalue weighted by atomic mass is 9.81. The van der Waals surface area contributed by atoms with Crippen molar-refractivity contribution in [3.05, 3.63) is 41.3 Å². The zero-order valence-corrected chi connectivity index (χ0v) is 17.6. The molecule has 7 heteroatoms. The van der Waals surface area contributed by atoms with Crippen molar-refractivity contribution in [2.45, 2.75) is 65.0 Å². The van der Waals surface area contributed by atoms with Crippen LogP contribution < -0.4 is 10.1 Å². The Kier molecular flexibility index (Phi) is 8.93. The van der Waals surface area contributed by atoms with Crippen molar-refractivity contribution in [3.8, 4) is 5.75 Å². The van der Waals surface area contributed by atoms with Crippen LogP contribution in [-0.4, -0.2) is 18.6 Å². The van der Waals surface area contributed by atoms with E-state index in [9.17, 15) is 22.8 Å². The molecule has 0 heterocycles. The fraction of sp³-hybridized carbons (Fsp3) is 0.565. The van der Waals surface area contributed by atoms with E-state index in [2.05, 4.69) is 5.32 Å². The lowest BCUT2D eigenvalue weighted by Crippen LogP contribution is -2.20. The number of aldehydes is 1. The van der Waals surface area contributed by atoms with Gasteiger partial charge in [0, 0.05) is 25.6 Å². The molecule has 1 fully saturated rings. The Morgan fingerprint density at radius 2 is 1.93 bits per heavy atom. The second-order valence-electron chi connectivity index (χ2n) is 7.90. The lowest BCUT2D eigenvalue weighted by Gasteiger charge is -2.25. The number of Topliss-reactive ketones (excluding diaryl/α,β-unsaturated/α-hetero) is 1. The zero-order chi connectivity index (χ0) is 22.1. The second kappa shape index (κ2) is 11.2. The van der Waals surface area contributed by atoms with E-state index in [0.29, 0.717) is 30.9 Å². The van der Waals surface area contributed by atoms with Gasteiger partial charge in [0.05, 0.1) is 5.56 Å². The molecule has 0 spiro atoms. The Bertz CT molecular complexity index is 751. The molecule has 1 aliphatic rings. The monoisotopic (exact) mass is 425 g/mol. The third-order valence-electron chi connectivity index (χ3n) is 5.49. The van der Waals surface area contributed by atoms with Crippen LogP contribution in [-0.2, 0) is 22.2 Å². The first-order chi connectivity index (χ1) is 14.2. The highest BCUT2D eigenvalue weighted by Gasteiger charge is 2.31. The van der Waals surface area contributed by atoms with E-state index in [1.807, 2.05) is 6.92 Å². The van der Waals surface area contributed by atoms with Gasteiger partial charge in [-0.15, -0.1) is 0 Å². The molecule has 0 amide bonds. The lowest BCUT2D eigenvalue weighted by molar-refractivity contribution is -0.137. The summed E-state index contributed by atoms with van der Waals surface area (Å²) < 4.78 is 44.7. The highest BCUT2D eigenvalue weighted by Crippen LogP contribution is 2.34. The van der Waals surface area contributed by atoms with Gasteiger partial charge in [0.25, 0.3) is 0 Å². The maximum Gasteiger partial charge on any atom is 0.416 e. The minimum atomic E-state index is -4.42. The Morgan fingerprint density at radius 3 is 2.50 bits per heavy atom. The van der Waals surface area contributed by atoms with Crippen LogP contribution in [0.2, 0.25) is 0 Å². The SMILES string of the molecule is CCCc1cc(C(F)(F)F)ccc1O/C(=C/NCCC1CCC(C=O)CC1)C(C)=O. The summed E-state index contributed by atoms with van der Waals surface area (Å²) >= 11 is 0. The van der Waals surface area contributed by atoms with Crippen LogP contribution in [0.4, 0.5) is 13.2 Å². The largest absolute Gasteiger partial charge is 0.452 e. The third kappa shape index (κ3) is 7.18. The molecule has 1 N–H and O–H groups in total. The van der Waals surface area contributed by atoms with Gasteiger partial charge < -0.3 is 14.8 Å². The molecule has 0 aromatic heterocycles. The van der Waals surface area contributed by atoms with Gasteiger partial charge in [0.15, 0.2) is 11.5 Å². The Morgan fingerprint density at radius 1 is 1.23 bits per heavy atom. The normalized spacial score (nSPS) is 20.0. The number of halogens is 3. The molecule has 0 atom stereocenters. The molecule has 0 saturated heterocycles. The van der Waals surface area contributed by atoms with Crippen LogP contribution in [0.3, 0.4) is 0 Å². The van der Waals surface area contributed by atoms with E-state index in [1.54, 1.807) is 0 Å². The minimum Gasteiger partial charge on any atom is -0.452 e. The molecular formula is C23H30F3NO3. The smallest absolute Gasteiger partial charge is 0.416 e. The van der Waals surface area contributed by atoms with Crippen LogP contribution in [0.25, 0.3) is 0 Å². The molecule has 0 bridgehead atoms. The first-order valence-electron chi connectivity index (χ1n) is 10.5. The summed E-state index contributed by atoms with van der Waals surface area (Å²) in [6.45, 7) is 3.89. The number of carbonyl (C=O) groups excluding carboxylic acids is 2. The summed E-state index contributed by atoms with van der Waals surface area (Å²) in [5.74, 6) is 0.760. The Balaban J connectivity index is 1.99. The fourth-order valence-electron chi connectivity index (χ4n) is 3.71. The van der Waals surface area contributed by atoms with Gasteiger partial charge >= 0.3 is 6.18 Å². The van der Waals surface area contributed by atoms with Gasteiger partial charge in [-0.05, 0) is 68.2 Å². The average molecular weight is 425 g/mol. The van der Waals surface area contributed by atoms with Gasteiger partial charge in [0.2, 0.25) is 0 Å². The minimum absolute atomic E-state index is 0.0665. The molecule has 1 saturated carbocycles. The molecule has 1 aliphatic carbocycles. The third-order valence-corrected chi connectivity index (χ3v) is 5.49. The number of nitrogens with one attached hydrogen (secondary N) is 1. The summed E-state index contributed by atoms with van der Waals surface area (Å²) in [6, 6.07) is 3.32. The molecule has 0 unspecified atom stereocenters. The number of carbonyl (C=O) groups is 2. The summed E-state index contributed by atoms with van der Waals surface area (Å²) in [6.07, 6.45) is 4.02. The van der Waals surface area contributed by atoms with Gasteiger partial charge in [-0.25, -0.2) is 0 Å². The van der Waals surface area contributed by atoms with Crippen LogP contribution in [0.1, 0.15) is 63.5 Å². The molecule has 1 aromatic carbocycles. The van der Waals surface area contributed by atoms with Gasteiger partial charge in [-0.1, -0.05) is 13.3 Å². The number of ketones is 1. The van der Waals surface area contributed by atoms with Crippen molar-refractivity contribution in [2.75, 3.05) is 6.54 Å². The molecule has 4 nitrogen and oxygen atoms in total. The summed E-state index contributed by atoms with van der Waals surface area (Å²) in [5.41, 5.74) is -0.305. The average Bonchev–Trinajstić information content (AvgIpc) is 2.71. The number of rotatable bonds is 10. The van der Waals surface area contributed by atoms with E-state index in [0.717, 1.165) is 50.5 Å². The highest BCUT2D eigenvalue weighted by molar-refractivity contribution is 5.91. The van der Waals surface area contributed by atoms with Gasteiger partial charge in [-0.3, -0.25) is 4.79 Å². The molecule has 30 heavy (non-hydrogen) atoms. The van der Waals surface area contributed by atoms with Crippen molar-refractivity contribution in [1.29, 1.82) is 0 Å². The van der Waals surface area contributed by atoms with Crippen molar-refractivity contribution in [2.24, 2.45) is 11.8 Å². The topological polar surface area (TPSA) is 55.4 Å². The van der Waals surface area contributed by atoms with Crippen molar-refractivity contribution in [3.63, 3.8) is 0 Å². The van der Waals surface area contributed by atoms with Crippen molar-refractivity contribution < 1.29 is 27.5 Å². The van der Waals surface area contributed by atoms with Crippen molar-refractivity contribution in [1.82, 2.24) is 5.32 Å². The van der Waals surface area contributed by atoms with Gasteiger partial charge in [-0.2, -0.15) is 13.2 Å². The van der Waals surface area contributed by atoms with E-state index in [1.165, 1.54) is 19.2 Å². The van der Waals surface area contributed by atoms with E-state index in [4.69, 9.17) is 4.74 Å².